The Morgan fingerprint density at radius 2 is 1.29 bits per heavy atom. The molecule has 0 saturated carbocycles. The summed E-state index contributed by atoms with van der Waals surface area (Å²) < 4.78 is 0. The van der Waals surface area contributed by atoms with E-state index in [1.165, 1.54) is 107 Å². The topological polar surface area (TPSA) is 49.4 Å². The van der Waals surface area contributed by atoms with Crippen LogP contribution in [0.2, 0.25) is 0 Å². The van der Waals surface area contributed by atoms with E-state index < -0.39 is 0 Å². The van der Waals surface area contributed by atoms with E-state index in [0.29, 0.717) is 12.3 Å². The third-order valence-electron chi connectivity index (χ3n) is 7.06. The van der Waals surface area contributed by atoms with Crippen LogP contribution in [0.15, 0.2) is 30.3 Å². The summed E-state index contributed by atoms with van der Waals surface area (Å²) in [6, 6.07) is 9.92. The van der Waals surface area contributed by atoms with Gasteiger partial charge in [-0.1, -0.05) is 134 Å². The van der Waals surface area contributed by atoms with E-state index in [9.17, 15) is 9.59 Å². The minimum Gasteiger partial charge on any atom is -0.290 e. The molecule has 0 bridgehead atoms. The van der Waals surface area contributed by atoms with Crippen LogP contribution in [0, 0.1) is 0 Å². The van der Waals surface area contributed by atoms with E-state index in [4.69, 9.17) is 0 Å². The molecule has 1 aliphatic heterocycles. The maximum absolute atomic E-state index is 13.0. The number of carbonyl (C=O) groups is 2. The standard InChI is InChI=1S/C30H50N2O2S/c1-3-4-5-6-7-8-9-10-11-12-13-14-15-16-17-21-24-32(26(2)33)30(34)28-25-35-29(31-28)27-22-19-18-20-23-27/h18-20,22-23,28-29,31H,3-17,21,24-25H2,1-2H3. The average Bonchev–Trinajstić information content (AvgIpc) is 3.36. The second-order valence-electron chi connectivity index (χ2n) is 10.2. The predicted molar refractivity (Wildman–Crippen MR) is 151 cm³/mol. The smallest absolute Gasteiger partial charge is 0.247 e. The Morgan fingerprint density at radius 1 is 0.800 bits per heavy atom. The lowest BCUT2D eigenvalue weighted by Crippen LogP contribution is -2.47. The first kappa shape index (κ1) is 29.9. The van der Waals surface area contributed by atoms with Crippen molar-refractivity contribution in [2.24, 2.45) is 0 Å². The van der Waals surface area contributed by atoms with Crippen molar-refractivity contribution in [2.45, 2.75) is 128 Å². The number of benzene rings is 1. The van der Waals surface area contributed by atoms with Gasteiger partial charge in [0.1, 0.15) is 0 Å². The van der Waals surface area contributed by atoms with E-state index in [2.05, 4.69) is 24.4 Å². The molecule has 1 fully saturated rings. The van der Waals surface area contributed by atoms with Gasteiger partial charge >= 0.3 is 0 Å². The van der Waals surface area contributed by atoms with Crippen molar-refractivity contribution in [3.05, 3.63) is 35.9 Å². The largest absolute Gasteiger partial charge is 0.290 e. The molecule has 1 heterocycles. The highest BCUT2D eigenvalue weighted by molar-refractivity contribution is 7.99. The molecule has 1 N–H and O–H groups in total. The van der Waals surface area contributed by atoms with E-state index in [1.807, 2.05) is 18.2 Å². The minimum absolute atomic E-state index is 0.0654. The highest BCUT2D eigenvalue weighted by Crippen LogP contribution is 2.33. The molecule has 5 heteroatoms. The zero-order valence-corrected chi connectivity index (χ0v) is 23.3. The molecule has 0 aromatic heterocycles. The molecule has 2 rings (SSSR count). The van der Waals surface area contributed by atoms with E-state index in [1.54, 1.807) is 11.8 Å². The molecule has 35 heavy (non-hydrogen) atoms. The van der Waals surface area contributed by atoms with Crippen molar-refractivity contribution in [1.82, 2.24) is 10.2 Å². The lowest BCUT2D eigenvalue weighted by molar-refractivity contribution is -0.144. The molecule has 2 atom stereocenters. The van der Waals surface area contributed by atoms with Crippen molar-refractivity contribution < 1.29 is 9.59 Å². The fourth-order valence-electron chi connectivity index (χ4n) is 4.86. The zero-order valence-electron chi connectivity index (χ0n) is 22.4. The van der Waals surface area contributed by atoms with Gasteiger partial charge in [-0.3, -0.25) is 19.8 Å². The number of unbranched alkanes of at least 4 members (excludes halogenated alkanes) is 15. The molecule has 198 valence electrons. The number of nitrogens with one attached hydrogen (secondary N) is 1. The first-order chi connectivity index (χ1) is 17.1. The van der Waals surface area contributed by atoms with E-state index in [-0.39, 0.29) is 23.2 Å². The molecule has 0 spiro atoms. The monoisotopic (exact) mass is 502 g/mol. The molecular weight excluding hydrogens is 452 g/mol. The summed E-state index contributed by atoms with van der Waals surface area (Å²) in [6.45, 7) is 4.34. The summed E-state index contributed by atoms with van der Waals surface area (Å²) in [5, 5.41) is 3.54. The molecule has 0 aliphatic carbocycles. The lowest BCUT2D eigenvalue weighted by Gasteiger charge is -2.23. The summed E-state index contributed by atoms with van der Waals surface area (Å²) in [5.74, 6) is 0.511. The first-order valence-corrected chi connectivity index (χ1v) is 15.4. The van der Waals surface area contributed by atoms with E-state index >= 15 is 0 Å². The van der Waals surface area contributed by atoms with Gasteiger partial charge < -0.3 is 0 Å². The van der Waals surface area contributed by atoms with Crippen LogP contribution in [-0.4, -0.2) is 35.1 Å². The summed E-state index contributed by atoms with van der Waals surface area (Å²) in [5.41, 5.74) is 1.18. The fourth-order valence-corrected chi connectivity index (χ4v) is 6.10. The number of carbonyl (C=O) groups excluding carboxylic acids is 2. The van der Waals surface area contributed by atoms with Crippen molar-refractivity contribution in [1.29, 1.82) is 0 Å². The van der Waals surface area contributed by atoms with Crippen LogP contribution in [0.4, 0.5) is 0 Å². The van der Waals surface area contributed by atoms with Crippen LogP contribution in [-0.2, 0) is 9.59 Å². The third kappa shape index (κ3) is 12.5. The lowest BCUT2D eigenvalue weighted by atomic mass is 10.0. The second kappa shape index (κ2) is 18.9. The Hall–Kier alpha value is -1.33. The third-order valence-corrected chi connectivity index (χ3v) is 8.33. The van der Waals surface area contributed by atoms with Crippen LogP contribution in [0.5, 0.6) is 0 Å². The number of amides is 2. The van der Waals surface area contributed by atoms with Crippen LogP contribution >= 0.6 is 11.8 Å². The molecule has 2 amide bonds. The number of hydrogen-bond acceptors (Lipinski definition) is 4. The molecule has 0 radical (unpaired) electrons. The minimum atomic E-state index is -0.282. The maximum atomic E-state index is 13.0. The van der Waals surface area contributed by atoms with E-state index in [0.717, 1.165) is 12.8 Å². The molecule has 4 nitrogen and oxygen atoms in total. The Balaban J connectivity index is 1.48. The van der Waals surface area contributed by atoms with Gasteiger partial charge in [0.05, 0.1) is 11.4 Å². The van der Waals surface area contributed by atoms with Gasteiger partial charge in [0.2, 0.25) is 11.8 Å². The van der Waals surface area contributed by atoms with Crippen LogP contribution < -0.4 is 5.32 Å². The molecule has 1 aliphatic rings. The quantitative estimate of drug-likeness (QED) is 0.195. The van der Waals surface area contributed by atoms with Crippen LogP contribution in [0.3, 0.4) is 0 Å². The Labute approximate surface area is 219 Å². The Bertz CT molecular complexity index is 697. The molecular formula is C30H50N2O2S. The molecule has 2 unspecified atom stereocenters. The van der Waals surface area contributed by atoms with Gasteiger partial charge in [0.15, 0.2) is 0 Å². The SMILES string of the molecule is CCCCCCCCCCCCCCCCCCN(C(C)=O)C(=O)C1CSC(c2ccccc2)N1. The summed E-state index contributed by atoms with van der Waals surface area (Å²) >= 11 is 1.74. The number of hydrogen-bond donors (Lipinski definition) is 1. The summed E-state index contributed by atoms with van der Waals surface area (Å²) in [7, 11) is 0. The number of rotatable bonds is 19. The van der Waals surface area contributed by atoms with Crippen molar-refractivity contribution in [3.63, 3.8) is 0 Å². The van der Waals surface area contributed by atoms with Gasteiger partial charge in [-0.25, -0.2) is 0 Å². The normalized spacial score (nSPS) is 17.5. The summed E-state index contributed by atoms with van der Waals surface area (Å²) in [6.07, 6.45) is 21.2. The van der Waals surface area contributed by atoms with Crippen molar-refractivity contribution in [3.8, 4) is 0 Å². The van der Waals surface area contributed by atoms with Crippen molar-refractivity contribution in [2.75, 3.05) is 12.3 Å². The second-order valence-corrected chi connectivity index (χ2v) is 11.3. The number of imide groups is 1. The number of nitrogens with zero attached hydrogens (tertiary/aromatic N) is 1. The molecule has 1 aromatic carbocycles. The van der Waals surface area contributed by atoms with Gasteiger partial charge in [-0.05, 0) is 12.0 Å². The highest BCUT2D eigenvalue weighted by atomic mass is 32.2. The van der Waals surface area contributed by atoms with Gasteiger partial charge in [0.25, 0.3) is 0 Å². The van der Waals surface area contributed by atoms with Crippen LogP contribution in [0.25, 0.3) is 0 Å². The first-order valence-electron chi connectivity index (χ1n) is 14.4. The van der Waals surface area contributed by atoms with Gasteiger partial charge in [0, 0.05) is 19.2 Å². The molecule has 1 aromatic rings. The van der Waals surface area contributed by atoms with Crippen LogP contribution in [0.1, 0.15) is 128 Å². The van der Waals surface area contributed by atoms with Crippen molar-refractivity contribution >= 4 is 23.6 Å². The van der Waals surface area contributed by atoms with Gasteiger partial charge in [-0.2, -0.15) is 0 Å². The maximum Gasteiger partial charge on any atom is 0.247 e. The molecule has 1 saturated heterocycles. The average molecular weight is 503 g/mol. The fraction of sp³-hybridized carbons (Fsp3) is 0.733. The number of thioether (sulfide) groups is 1. The zero-order chi connectivity index (χ0) is 25.1. The predicted octanol–water partition coefficient (Wildman–Crippen LogP) is 8.03. The summed E-state index contributed by atoms with van der Waals surface area (Å²) in [4.78, 5) is 26.6. The Morgan fingerprint density at radius 3 is 1.77 bits per heavy atom. The van der Waals surface area contributed by atoms with Gasteiger partial charge in [-0.15, -0.1) is 11.8 Å². The highest BCUT2D eigenvalue weighted by Gasteiger charge is 2.34. The Kier molecular flexibility index (Phi) is 16.1.